The zero-order valence-electron chi connectivity index (χ0n) is 15.3. The number of rotatable bonds is 5. The van der Waals surface area contributed by atoms with Gasteiger partial charge in [0.05, 0.1) is 17.6 Å². The predicted octanol–water partition coefficient (Wildman–Crippen LogP) is 4.64. The Labute approximate surface area is 156 Å². The molecule has 25 heavy (non-hydrogen) atoms. The molecule has 4 rings (SSSR count). The van der Waals surface area contributed by atoms with E-state index in [1.807, 2.05) is 0 Å². The van der Waals surface area contributed by atoms with Crippen molar-refractivity contribution in [1.29, 1.82) is 0 Å². The lowest BCUT2D eigenvalue weighted by Crippen LogP contribution is -2.31. The first kappa shape index (κ1) is 17.2. The Bertz CT molecular complexity index is 928. The van der Waals surface area contributed by atoms with Gasteiger partial charge in [0, 0.05) is 23.5 Å². The van der Waals surface area contributed by atoms with Crippen LogP contribution in [-0.4, -0.2) is 30.9 Å². The quantitative estimate of drug-likeness (QED) is 0.479. The van der Waals surface area contributed by atoms with Gasteiger partial charge in [-0.25, -0.2) is 4.98 Å². The van der Waals surface area contributed by atoms with Gasteiger partial charge in [0.15, 0.2) is 10.8 Å². The summed E-state index contributed by atoms with van der Waals surface area (Å²) in [5.74, 6) is 2.12. The van der Waals surface area contributed by atoms with E-state index in [-0.39, 0.29) is 5.60 Å². The van der Waals surface area contributed by atoms with Crippen molar-refractivity contribution in [3.8, 4) is 0 Å². The number of hydrogen-bond donors (Lipinski definition) is 0. The van der Waals surface area contributed by atoms with Crippen molar-refractivity contribution in [1.82, 2.24) is 19.6 Å². The first-order chi connectivity index (χ1) is 12.0. The summed E-state index contributed by atoms with van der Waals surface area (Å²) in [4.78, 5) is 7.34. The molecule has 0 spiro atoms. The second-order valence-corrected chi connectivity index (χ2v) is 9.28. The van der Waals surface area contributed by atoms with Gasteiger partial charge in [-0.2, -0.15) is 0 Å². The van der Waals surface area contributed by atoms with Crippen molar-refractivity contribution in [3.05, 3.63) is 16.3 Å². The van der Waals surface area contributed by atoms with E-state index in [0.29, 0.717) is 6.61 Å². The molecule has 134 valence electrons. The van der Waals surface area contributed by atoms with Crippen molar-refractivity contribution in [3.63, 3.8) is 0 Å². The summed E-state index contributed by atoms with van der Waals surface area (Å²) in [6, 6.07) is 0. The number of aromatic nitrogens is 4. The average molecular weight is 377 g/mol. The summed E-state index contributed by atoms with van der Waals surface area (Å²) < 4.78 is 8.18. The van der Waals surface area contributed by atoms with E-state index in [9.17, 15) is 0 Å². The smallest absolute Gasteiger partial charge is 0.197 e. The van der Waals surface area contributed by atoms with Gasteiger partial charge in [0.2, 0.25) is 0 Å². The topological polar surface area (TPSA) is 52.3 Å². The van der Waals surface area contributed by atoms with E-state index in [1.54, 1.807) is 23.1 Å². The van der Waals surface area contributed by atoms with E-state index in [0.717, 1.165) is 40.1 Å². The molecule has 3 aromatic rings. The third kappa shape index (κ3) is 2.96. The molecule has 0 fully saturated rings. The lowest BCUT2D eigenvalue weighted by Gasteiger charge is -2.30. The number of hydrogen-bond acceptors (Lipinski definition) is 6. The zero-order valence-corrected chi connectivity index (χ0v) is 16.9. The van der Waals surface area contributed by atoms with E-state index >= 15 is 0 Å². The molecular weight excluding hydrogens is 352 g/mol. The molecule has 1 aliphatic heterocycles. The molecule has 0 N–H and O–H groups in total. The monoisotopic (exact) mass is 376 g/mol. The van der Waals surface area contributed by atoms with Crippen LogP contribution >= 0.6 is 23.1 Å². The van der Waals surface area contributed by atoms with Gasteiger partial charge in [-0.15, -0.1) is 21.5 Å². The fourth-order valence-corrected chi connectivity index (χ4v) is 5.47. The van der Waals surface area contributed by atoms with Gasteiger partial charge in [-0.05, 0) is 25.8 Å². The van der Waals surface area contributed by atoms with E-state index in [2.05, 4.69) is 42.3 Å². The molecule has 0 unspecified atom stereocenters. The van der Waals surface area contributed by atoms with Gasteiger partial charge in [-0.3, -0.25) is 4.40 Å². The highest BCUT2D eigenvalue weighted by Gasteiger charge is 2.31. The fraction of sp³-hybridized carbons (Fsp3) is 0.611. The van der Waals surface area contributed by atoms with Crippen LogP contribution in [0, 0.1) is 0 Å². The van der Waals surface area contributed by atoms with Gasteiger partial charge >= 0.3 is 0 Å². The molecule has 7 heteroatoms. The number of fused-ring (bicyclic) bond motifs is 5. The van der Waals surface area contributed by atoms with Gasteiger partial charge in [0.25, 0.3) is 0 Å². The molecular formula is C18H24N4OS2. The molecule has 0 aliphatic carbocycles. The number of ether oxygens (including phenoxy) is 1. The lowest BCUT2D eigenvalue weighted by atomic mass is 9.94. The minimum absolute atomic E-state index is 0.139. The number of thioether (sulfide) groups is 1. The number of nitrogens with zero attached hydrogens (tertiary/aromatic N) is 4. The maximum atomic E-state index is 6.00. The molecule has 0 saturated heterocycles. The van der Waals surface area contributed by atoms with Crippen LogP contribution in [0.1, 0.15) is 56.8 Å². The van der Waals surface area contributed by atoms with Gasteiger partial charge in [0.1, 0.15) is 10.7 Å². The Kier molecular flexibility index (Phi) is 4.50. The van der Waals surface area contributed by atoms with Crippen LogP contribution in [0.3, 0.4) is 0 Å². The Hall–Kier alpha value is -1.18. The largest absolute Gasteiger partial charge is 0.370 e. The van der Waals surface area contributed by atoms with Crippen molar-refractivity contribution in [2.75, 3.05) is 5.75 Å². The number of thiophene rings is 1. The maximum absolute atomic E-state index is 6.00. The van der Waals surface area contributed by atoms with Crippen LogP contribution in [0.15, 0.2) is 5.16 Å². The highest BCUT2D eigenvalue weighted by Crippen LogP contribution is 2.40. The van der Waals surface area contributed by atoms with Gasteiger partial charge < -0.3 is 4.74 Å². The Morgan fingerprint density at radius 3 is 2.88 bits per heavy atom. The standard InChI is InChI=1S/C18H24N4OS2/c1-5-7-8-24-17-21-20-15-14-11-9-18(3,4)23-10-12(11)25-16(14)19-13(6-2)22(15)17/h5-10H2,1-4H3. The highest BCUT2D eigenvalue weighted by atomic mass is 32.2. The second-order valence-electron chi connectivity index (χ2n) is 7.13. The van der Waals surface area contributed by atoms with E-state index in [4.69, 9.17) is 9.72 Å². The van der Waals surface area contributed by atoms with Crippen molar-refractivity contribution in [2.45, 2.75) is 70.7 Å². The minimum Gasteiger partial charge on any atom is -0.370 e. The van der Waals surface area contributed by atoms with Crippen molar-refractivity contribution >= 4 is 39.0 Å². The molecule has 0 amide bonds. The predicted molar refractivity (Wildman–Crippen MR) is 104 cm³/mol. The average Bonchev–Trinajstić information content (AvgIpc) is 3.14. The third-order valence-corrected chi connectivity index (χ3v) is 6.77. The Morgan fingerprint density at radius 2 is 2.12 bits per heavy atom. The minimum atomic E-state index is -0.139. The molecule has 0 saturated carbocycles. The van der Waals surface area contributed by atoms with Crippen LogP contribution in [0.5, 0.6) is 0 Å². The summed E-state index contributed by atoms with van der Waals surface area (Å²) in [6.45, 7) is 9.34. The fourth-order valence-electron chi connectivity index (χ4n) is 3.32. The summed E-state index contributed by atoms with van der Waals surface area (Å²) in [6.07, 6.45) is 4.16. The van der Waals surface area contributed by atoms with Crippen LogP contribution in [0.2, 0.25) is 0 Å². The SMILES string of the molecule is CCCCSc1nnc2c3c4c(sc3nc(CC)n12)COC(C)(C)C4. The molecule has 3 aromatic heterocycles. The first-order valence-electron chi connectivity index (χ1n) is 8.99. The normalized spacial score (nSPS) is 16.6. The number of unbranched alkanes of at least 4 members (excludes halogenated alkanes) is 1. The van der Waals surface area contributed by atoms with E-state index < -0.39 is 0 Å². The van der Waals surface area contributed by atoms with Gasteiger partial charge in [-0.1, -0.05) is 32.0 Å². The highest BCUT2D eigenvalue weighted by molar-refractivity contribution is 7.99. The van der Waals surface area contributed by atoms with Crippen LogP contribution in [-0.2, 0) is 24.2 Å². The molecule has 4 heterocycles. The molecule has 1 aliphatic rings. The van der Waals surface area contributed by atoms with Crippen LogP contribution in [0.4, 0.5) is 0 Å². The summed E-state index contributed by atoms with van der Waals surface area (Å²) >= 11 is 3.54. The van der Waals surface area contributed by atoms with Crippen LogP contribution < -0.4 is 0 Å². The first-order valence-corrected chi connectivity index (χ1v) is 10.8. The second kappa shape index (κ2) is 6.52. The van der Waals surface area contributed by atoms with Crippen molar-refractivity contribution in [2.24, 2.45) is 0 Å². The summed E-state index contributed by atoms with van der Waals surface area (Å²) in [5, 5.41) is 11.2. The van der Waals surface area contributed by atoms with Crippen molar-refractivity contribution < 1.29 is 4.74 Å². The maximum Gasteiger partial charge on any atom is 0.197 e. The Morgan fingerprint density at radius 1 is 1.28 bits per heavy atom. The van der Waals surface area contributed by atoms with E-state index in [1.165, 1.54) is 28.7 Å². The summed E-state index contributed by atoms with van der Waals surface area (Å²) in [7, 11) is 0. The Balaban J connectivity index is 1.91. The molecule has 0 bridgehead atoms. The lowest BCUT2D eigenvalue weighted by molar-refractivity contribution is -0.0379. The summed E-state index contributed by atoms with van der Waals surface area (Å²) in [5.41, 5.74) is 2.19. The molecule has 5 nitrogen and oxygen atoms in total. The zero-order chi connectivity index (χ0) is 17.6. The van der Waals surface area contributed by atoms with Crippen LogP contribution in [0.25, 0.3) is 15.9 Å². The number of aryl methyl sites for hydroxylation is 1. The molecule has 0 atom stereocenters. The third-order valence-electron chi connectivity index (χ3n) is 4.66. The molecule has 0 aromatic carbocycles. The molecule has 0 radical (unpaired) electrons.